The van der Waals surface area contributed by atoms with Gasteiger partial charge in [0.15, 0.2) is 0 Å². The molecule has 5 heteroatoms. The van der Waals surface area contributed by atoms with Crippen molar-refractivity contribution in [3.05, 3.63) is 35.9 Å². The van der Waals surface area contributed by atoms with Crippen LogP contribution in [0.3, 0.4) is 0 Å². The monoisotopic (exact) mass is 289 g/mol. The lowest BCUT2D eigenvalue weighted by molar-refractivity contribution is -0.224. The maximum atomic E-state index is 11.6. The number of carboxylic acid groups (broad SMARTS) is 1. The van der Waals surface area contributed by atoms with Gasteiger partial charge in [-0.2, -0.15) is 0 Å². The molecule has 0 spiro atoms. The molecule has 3 aliphatic carbocycles. The fourth-order valence-corrected chi connectivity index (χ4v) is 3.69. The van der Waals surface area contributed by atoms with Crippen molar-refractivity contribution < 1.29 is 19.4 Å². The molecule has 2 bridgehead atoms. The van der Waals surface area contributed by atoms with Gasteiger partial charge in [0.05, 0.1) is 5.41 Å². The molecule has 5 nitrogen and oxygen atoms in total. The van der Waals surface area contributed by atoms with Crippen LogP contribution in [0.4, 0.5) is 4.79 Å². The molecular weight excluding hydrogens is 270 g/mol. The minimum Gasteiger partial charge on any atom is -0.481 e. The first-order valence-electron chi connectivity index (χ1n) is 7.22. The second kappa shape index (κ2) is 5.06. The summed E-state index contributed by atoms with van der Waals surface area (Å²) >= 11 is 0. The van der Waals surface area contributed by atoms with Gasteiger partial charge < -0.3 is 15.2 Å². The predicted molar refractivity (Wildman–Crippen MR) is 75.6 cm³/mol. The van der Waals surface area contributed by atoms with Gasteiger partial charge in [-0.3, -0.25) is 4.79 Å². The van der Waals surface area contributed by atoms with Gasteiger partial charge in [0, 0.05) is 6.54 Å². The van der Waals surface area contributed by atoms with Gasteiger partial charge in [-0.25, -0.2) is 4.79 Å². The number of rotatable bonds is 6. The van der Waals surface area contributed by atoms with E-state index in [-0.39, 0.29) is 12.0 Å². The molecule has 1 aromatic carbocycles. The Morgan fingerprint density at radius 3 is 2.48 bits per heavy atom. The van der Waals surface area contributed by atoms with E-state index in [0.29, 0.717) is 6.54 Å². The van der Waals surface area contributed by atoms with Gasteiger partial charge in [-0.05, 0) is 36.7 Å². The van der Waals surface area contributed by atoms with Crippen LogP contribution in [0.5, 0.6) is 0 Å². The Balaban J connectivity index is 1.32. The molecular formula is C16H19NO4. The van der Waals surface area contributed by atoms with Crippen LogP contribution >= 0.6 is 0 Å². The maximum absolute atomic E-state index is 11.6. The van der Waals surface area contributed by atoms with E-state index in [0.717, 1.165) is 31.2 Å². The number of nitrogens with one attached hydrogen (secondary N) is 1. The number of aliphatic carboxylic acids is 1. The van der Waals surface area contributed by atoms with Crippen molar-refractivity contribution in [3.63, 3.8) is 0 Å². The number of carbonyl (C=O) groups excluding carboxylic acids is 1. The molecule has 3 saturated carbocycles. The van der Waals surface area contributed by atoms with E-state index in [1.54, 1.807) is 0 Å². The standard InChI is InChI=1S/C16H19NO4/c18-13(19)16-9-15(10-16,11-16)6-7-17-14(20)21-8-12-4-2-1-3-5-12/h1-5H,6-11H2,(H,17,20)(H,18,19). The Morgan fingerprint density at radius 1 is 1.19 bits per heavy atom. The summed E-state index contributed by atoms with van der Waals surface area (Å²) in [6.45, 7) is 0.809. The minimum atomic E-state index is -0.667. The van der Waals surface area contributed by atoms with Crippen molar-refractivity contribution in [1.82, 2.24) is 5.32 Å². The number of hydrogen-bond donors (Lipinski definition) is 2. The van der Waals surface area contributed by atoms with E-state index >= 15 is 0 Å². The summed E-state index contributed by atoms with van der Waals surface area (Å²) in [7, 11) is 0. The van der Waals surface area contributed by atoms with Gasteiger partial charge in [0.1, 0.15) is 6.61 Å². The first-order valence-corrected chi connectivity index (χ1v) is 7.22. The Hall–Kier alpha value is -2.04. The van der Waals surface area contributed by atoms with Gasteiger partial charge in [0.25, 0.3) is 0 Å². The van der Waals surface area contributed by atoms with Crippen LogP contribution in [0.15, 0.2) is 30.3 Å². The molecule has 0 atom stereocenters. The normalized spacial score (nSPS) is 29.0. The molecule has 0 saturated heterocycles. The third kappa shape index (κ3) is 2.60. The SMILES string of the molecule is O=C(NCCC12CC(C(=O)O)(C1)C2)OCc1ccccc1. The molecule has 0 aromatic heterocycles. The first kappa shape index (κ1) is 13.9. The van der Waals surface area contributed by atoms with Crippen molar-refractivity contribution in [2.75, 3.05) is 6.54 Å². The highest BCUT2D eigenvalue weighted by Crippen LogP contribution is 2.74. The lowest BCUT2D eigenvalue weighted by atomic mass is 9.34. The van der Waals surface area contributed by atoms with Crippen LogP contribution in [0.1, 0.15) is 31.2 Å². The Kier molecular flexibility index (Phi) is 3.35. The quantitative estimate of drug-likeness (QED) is 0.844. The fourth-order valence-electron chi connectivity index (χ4n) is 3.69. The zero-order valence-electron chi connectivity index (χ0n) is 11.8. The molecule has 112 valence electrons. The number of alkyl carbamates (subject to hydrolysis) is 1. The van der Waals surface area contributed by atoms with Crippen LogP contribution in [-0.2, 0) is 16.1 Å². The average molecular weight is 289 g/mol. The molecule has 2 N–H and O–H groups in total. The number of amides is 1. The molecule has 3 aliphatic rings. The minimum absolute atomic E-state index is 0.158. The molecule has 0 aliphatic heterocycles. The average Bonchev–Trinajstić information content (AvgIpc) is 2.38. The molecule has 4 rings (SSSR count). The van der Waals surface area contributed by atoms with E-state index in [1.165, 1.54) is 0 Å². The van der Waals surface area contributed by atoms with Gasteiger partial charge in [0.2, 0.25) is 0 Å². The third-order valence-corrected chi connectivity index (χ3v) is 4.73. The highest BCUT2D eigenvalue weighted by atomic mass is 16.5. The summed E-state index contributed by atoms with van der Waals surface area (Å²) in [5.74, 6) is -0.667. The summed E-state index contributed by atoms with van der Waals surface area (Å²) in [6.07, 6.45) is 2.70. The smallest absolute Gasteiger partial charge is 0.407 e. The Bertz CT molecular complexity index is 535. The molecule has 21 heavy (non-hydrogen) atoms. The van der Waals surface area contributed by atoms with Crippen LogP contribution in [0.2, 0.25) is 0 Å². The predicted octanol–water partition coefficient (Wildman–Crippen LogP) is 2.56. The number of ether oxygens (including phenoxy) is 1. The molecule has 0 unspecified atom stereocenters. The van der Waals surface area contributed by atoms with Crippen LogP contribution in [0, 0.1) is 10.8 Å². The molecule has 3 fully saturated rings. The van der Waals surface area contributed by atoms with E-state index in [2.05, 4.69) is 5.32 Å². The van der Waals surface area contributed by atoms with E-state index < -0.39 is 17.5 Å². The lowest BCUT2D eigenvalue weighted by Crippen LogP contribution is -2.65. The Morgan fingerprint density at radius 2 is 1.86 bits per heavy atom. The summed E-state index contributed by atoms with van der Waals surface area (Å²) in [5, 5.41) is 11.8. The molecule has 0 radical (unpaired) electrons. The topological polar surface area (TPSA) is 75.6 Å². The fraction of sp³-hybridized carbons (Fsp3) is 0.500. The second-order valence-corrected chi connectivity index (χ2v) is 6.35. The highest BCUT2D eigenvalue weighted by molar-refractivity contribution is 5.79. The number of hydrogen-bond acceptors (Lipinski definition) is 3. The van der Waals surface area contributed by atoms with Gasteiger partial charge in [-0.15, -0.1) is 0 Å². The van der Waals surface area contributed by atoms with Crippen molar-refractivity contribution >= 4 is 12.1 Å². The summed E-state index contributed by atoms with van der Waals surface area (Å²) in [6, 6.07) is 9.52. The molecule has 0 heterocycles. The largest absolute Gasteiger partial charge is 0.481 e. The molecule has 1 aromatic rings. The van der Waals surface area contributed by atoms with Crippen molar-refractivity contribution in [2.45, 2.75) is 32.3 Å². The highest BCUT2D eigenvalue weighted by Gasteiger charge is 2.71. The number of carbonyl (C=O) groups is 2. The zero-order valence-corrected chi connectivity index (χ0v) is 11.8. The van der Waals surface area contributed by atoms with Crippen molar-refractivity contribution in [3.8, 4) is 0 Å². The summed E-state index contributed by atoms with van der Waals surface area (Å²) in [4.78, 5) is 22.6. The second-order valence-electron chi connectivity index (χ2n) is 6.35. The third-order valence-electron chi connectivity index (χ3n) is 4.73. The summed E-state index contributed by atoms with van der Waals surface area (Å²) < 4.78 is 5.12. The zero-order chi connectivity index (χ0) is 14.9. The summed E-state index contributed by atoms with van der Waals surface area (Å²) in [5.41, 5.74) is 0.675. The number of benzene rings is 1. The maximum Gasteiger partial charge on any atom is 0.407 e. The number of carboxylic acids is 1. The van der Waals surface area contributed by atoms with Crippen molar-refractivity contribution in [1.29, 1.82) is 0 Å². The first-order chi connectivity index (χ1) is 10.0. The van der Waals surface area contributed by atoms with Crippen molar-refractivity contribution in [2.24, 2.45) is 10.8 Å². The van der Waals surface area contributed by atoms with Crippen LogP contribution < -0.4 is 5.32 Å². The van der Waals surface area contributed by atoms with Crippen LogP contribution in [0.25, 0.3) is 0 Å². The van der Waals surface area contributed by atoms with E-state index in [4.69, 9.17) is 9.84 Å². The molecule has 1 amide bonds. The lowest BCUT2D eigenvalue weighted by Gasteiger charge is -2.68. The van der Waals surface area contributed by atoms with Gasteiger partial charge in [-0.1, -0.05) is 30.3 Å². The van der Waals surface area contributed by atoms with E-state index in [9.17, 15) is 9.59 Å². The Labute approximate surface area is 123 Å². The van der Waals surface area contributed by atoms with E-state index in [1.807, 2.05) is 30.3 Å². The van der Waals surface area contributed by atoms with Crippen LogP contribution in [-0.4, -0.2) is 23.7 Å². The van der Waals surface area contributed by atoms with Gasteiger partial charge >= 0.3 is 12.1 Å².